The molecule has 1 aromatic heterocycles. The summed E-state index contributed by atoms with van der Waals surface area (Å²) in [4.78, 5) is 12.6. The van der Waals surface area contributed by atoms with Crippen molar-refractivity contribution >= 4 is 5.97 Å². The monoisotopic (exact) mass is 211 g/mol. The van der Waals surface area contributed by atoms with Crippen LogP contribution in [-0.2, 0) is 11.8 Å². The smallest absolute Gasteiger partial charge is 0.305 e. The van der Waals surface area contributed by atoms with E-state index in [2.05, 4.69) is 5.10 Å². The van der Waals surface area contributed by atoms with Crippen molar-refractivity contribution in [3.8, 4) is 0 Å². The largest absolute Gasteiger partial charge is 0.481 e. The van der Waals surface area contributed by atoms with E-state index in [1.165, 1.54) is 0 Å². The van der Waals surface area contributed by atoms with Crippen LogP contribution < -0.4 is 0 Å². The minimum absolute atomic E-state index is 0.0729. The van der Waals surface area contributed by atoms with Gasteiger partial charge in [-0.2, -0.15) is 5.10 Å². The third-order valence-electron chi connectivity index (χ3n) is 2.47. The van der Waals surface area contributed by atoms with E-state index in [9.17, 15) is 4.79 Å². The van der Waals surface area contributed by atoms with Gasteiger partial charge in [-0.1, -0.05) is 0 Å². The van der Waals surface area contributed by atoms with Gasteiger partial charge in [0.1, 0.15) is 0 Å². The number of rotatable bonds is 4. The molecule has 1 atom stereocenters. The Labute approximate surface area is 89.3 Å². The molecule has 0 saturated carbocycles. The van der Waals surface area contributed by atoms with Crippen LogP contribution >= 0.6 is 0 Å². The van der Waals surface area contributed by atoms with Crippen LogP contribution in [0.5, 0.6) is 0 Å². The molecular formula is C10H17N3O2. The molecule has 5 heteroatoms. The van der Waals surface area contributed by atoms with Gasteiger partial charge < -0.3 is 10.0 Å². The molecule has 1 aromatic rings. The number of carboxylic acids is 1. The molecule has 0 aliphatic carbocycles. The highest BCUT2D eigenvalue weighted by Crippen LogP contribution is 2.21. The molecule has 84 valence electrons. The van der Waals surface area contributed by atoms with E-state index in [0.717, 1.165) is 11.4 Å². The van der Waals surface area contributed by atoms with Gasteiger partial charge in [0.05, 0.1) is 18.2 Å². The number of aliphatic carboxylic acids is 1. The lowest BCUT2D eigenvalue weighted by molar-refractivity contribution is -0.138. The molecule has 1 heterocycles. The maximum atomic E-state index is 10.7. The number of aromatic nitrogens is 2. The first-order valence-electron chi connectivity index (χ1n) is 4.80. The van der Waals surface area contributed by atoms with E-state index in [1.807, 2.05) is 39.0 Å². The Morgan fingerprint density at radius 2 is 2.27 bits per heavy atom. The topological polar surface area (TPSA) is 58.4 Å². The highest BCUT2D eigenvalue weighted by Gasteiger charge is 2.20. The SMILES string of the molecule is Cc1cc(C(CC(=O)O)N(C)C)nn1C. The zero-order chi connectivity index (χ0) is 11.6. The summed E-state index contributed by atoms with van der Waals surface area (Å²) in [5.41, 5.74) is 1.84. The van der Waals surface area contributed by atoms with E-state index in [0.29, 0.717) is 0 Å². The Morgan fingerprint density at radius 3 is 2.60 bits per heavy atom. The number of hydrogen-bond donors (Lipinski definition) is 1. The number of nitrogens with zero attached hydrogens (tertiary/aromatic N) is 3. The third-order valence-corrected chi connectivity index (χ3v) is 2.47. The van der Waals surface area contributed by atoms with Gasteiger partial charge in [0.15, 0.2) is 0 Å². The Bertz CT molecular complexity index is 338. The summed E-state index contributed by atoms with van der Waals surface area (Å²) < 4.78 is 1.76. The molecule has 0 spiro atoms. The molecule has 1 rings (SSSR count). The summed E-state index contributed by atoms with van der Waals surface area (Å²) in [5, 5.41) is 13.1. The molecule has 0 fully saturated rings. The fraction of sp³-hybridized carbons (Fsp3) is 0.600. The first kappa shape index (κ1) is 11.7. The maximum absolute atomic E-state index is 10.7. The Balaban J connectivity index is 2.93. The number of carbonyl (C=O) groups is 1. The number of aryl methyl sites for hydroxylation is 2. The van der Waals surface area contributed by atoms with Crippen LogP contribution in [0.15, 0.2) is 6.07 Å². The van der Waals surface area contributed by atoms with Gasteiger partial charge >= 0.3 is 5.97 Å². The van der Waals surface area contributed by atoms with Gasteiger partial charge in [-0.3, -0.25) is 9.48 Å². The predicted molar refractivity (Wildman–Crippen MR) is 56.6 cm³/mol. The summed E-state index contributed by atoms with van der Waals surface area (Å²) in [5.74, 6) is -0.808. The summed E-state index contributed by atoms with van der Waals surface area (Å²) in [7, 11) is 5.57. The van der Waals surface area contributed by atoms with E-state index >= 15 is 0 Å². The van der Waals surface area contributed by atoms with E-state index in [4.69, 9.17) is 5.11 Å². The van der Waals surface area contributed by atoms with Gasteiger partial charge in [-0.05, 0) is 27.1 Å². The highest BCUT2D eigenvalue weighted by atomic mass is 16.4. The molecular weight excluding hydrogens is 194 g/mol. The van der Waals surface area contributed by atoms with Crippen molar-refractivity contribution in [1.82, 2.24) is 14.7 Å². The first-order chi connectivity index (χ1) is 6.91. The molecule has 5 nitrogen and oxygen atoms in total. The van der Waals surface area contributed by atoms with Crippen molar-refractivity contribution < 1.29 is 9.90 Å². The molecule has 0 aliphatic heterocycles. The highest BCUT2D eigenvalue weighted by molar-refractivity contribution is 5.67. The lowest BCUT2D eigenvalue weighted by atomic mass is 10.1. The van der Waals surface area contributed by atoms with Gasteiger partial charge in [-0.15, -0.1) is 0 Å². The standard InChI is InChI=1S/C10H17N3O2/c1-7-5-8(11-13(7)4)9(12(2)3)6-10(14)15/h5,9H,6H2,1-4H3,(H,14,15). The third kappa shape index (κ3) is 2.79. The van der Waals surface area contributed by atoms with Crippen molar-refractivity contribution in [2.75, 3.05) is 14.1 Å². The normalized spacial score (nSPS) is 13.1. The Hall–Kier alpha value is -1.36. The molecule has 0 aromatic carbocycles. The summed E-state index contributed by atoms with van der Waals surface area (Å²) in [6.07, 6.45) is 0.0729. The van der Waals surface area contributed by atoms with Gasteiger partial charge in [0, 0.05) is 12.7 Å². The van der Waals surface area contributed by atoms with Gasteiger partial charge in [-0.25, -0.2) is 0 Å². The van der Waals surface area contributed by atoms with Crippen LogP contribution in [0.1, 0.15) is 23.9 Å². The van der Waals surface area contributed by atoms with Gasteiger partial charge in [0.2, 0.25) is 0 Å². The fourth-order valence-corrected chi connectivity index (χ4v) is 1.47. The predicted octanol–water partition coefficient (Wildman–Crippen LogP) is 0.806. The zero-order valence-corrected chi connectivity index (χ0v) is 9.56. The fourth-order valence-electron chi connectivity index (χ4n) is 1.47. The molecule has 0 bridgehead atoms. The van der Waals surface area contributed by atoms with Crippen molar-refractivity contribution in [3.63, 3.8) is 0 Å². The second-order valence-electron chi connectivity index (χ2n) is 3.91. The molecule has 1 N–H and O–H groups in total. The van der Waals surface area contributed by atoms with E-state index in [1.54, 1.807) is 4.68 Å². The van der Waals surface area contributed by atoms with Crippen LogP contribution in [0.25, 0.3) is 0 Å². The second kappa shape index (κ2) is 4.44. The Kier molecular flexibility index (Phi) is 3.47. The molecule has 0 amide bonds. The second-order valence-corrected chi connectivity index (χ2v) is 3.91. The minimum Gasteiger partial charge on any atom is -0.481 e. The molecule has 0 saturated heterocycles. The number of hydrogen-bond acceptors (Lipinski definition) is 3. The van der Waals surface area contributed by atoms with Crippen molar-refractivity contribution in [1.29, 1.82) is 0 Å². The zero-order valence-electron chi connectivity index (χ0n) is 9.56. The molecule has 15 heavy (non-hydrogen) atoms. The molecule has 0 aliphatic rings. The molecule has 0 radical (unpaired) electrons. The summed E-state index contributed by atoms with van der Waals surface area (Å²) >= 11 is 0. The average Bonchev–Trinajstić information content (AvgIpc) is 2.42. The minimum atomic E-state index is -0.808. The summed E-state index contributed by atoms with van der Waals surface area (Å²) in [6.45, 7) is 1.95. The average molecular weight is 211 g/mol. The maximum Gasteiger partial charge on any atom is 0.305 e. The lowest BCUT2D eigenvalue weighted by Crippen LogP contribution is -2.23. The quantitative estimate of drug-likeness (QED) is 0.800. The van der Waals surface area contributed by atoms with Gasteiger partial charge in [0.25, 0.3) is 0 Å². The first-order valence-corrected chi connectivity index (χ1v) is 4.80. The van der Waals surface area contributed by atoms with Crippen LogP contribution in [0, 0.1) is 6.92 Å². The van der Waals surface area contributed by atoms with Crippen molar-refractivity contribution in [3.05, 3.63) is 17.5 Å². The van der Waals surface area contributed by atoms with Crippen LogP contribution in [-0.4, -0.2) is 39.9 Å². The van der Waals surface area contributed by atoms with Crippen molar-refractivity contribution in [2.45, 2.75) is 19.4 Å². The molecule has 1 unspecified atom stereocenters. The van der Waals surface area contributed by atoms with E-state index < -0.39 is 5.97 Å². The van der Waals surface area contributed by atoms with Crippen LogP contribution in [0.3, 0.4) is 0 Å². The van der Waals surface area contributed by atoms with Crippen LogP contribution in [0.2, 0.25) is 0 Å². The summed E-state index contributed by atoms with van der Waals surface area (Å²) in [6, 6.07) is 1.76. The van der Waals surface area contributed by atoms with Crippen LogP contribution in [0.4, 0.5) is 0 Å². The van der Waals surface area contributed by atoms with E-state index in [-0.39, 0.29) is 12.5 Å². The Morgan fingerprint density at radius 1 is 1.67 bits per heavy atom. The number of carboxylic acid groups (broad SMARTS) is 1. The van der Waals surface area contributed by atoms with Crippen molar-refractivity contribution in [2.24, 2.45) is 7.05 Å². The lowest BCUT2D eigenvalue weighted by Gasteiger charge is -2.20.